The first kappa shape index (κ1) is 23.4. The number of hydrogen-bond acceptors (Lipinski definition) is 8. The van der Waals surface area contributed by atoms with Gasteiger partial charge in [-0.2, -0.15) is 4.52 Å². The molecule has 0 bridgehead atoms. The Labute approximate surface area is 208 Å². The van der Waals surface area contributed by atoms with Crippen LogP contribution in [-0.2, 0) is 11.3 Å². The molecule has 5 rings (SSSR count). The van der Waals surface area contributed by atoms with Crippen molar-refractivity contribution in [3.8, 4) is 11.3 Å². The number of carbonyl (C=O) groups excluding carboxylic acids is 1. The molecule has 1 aliphatic heterocycles. The van der Waals surface area contributed by atoms with Gasteiger partial charge in [-0.05, 0) is 32.9 Å². The number of nitrogens with zero attached hydrogens (tertiary/aromatic N) is 5. The van der Waals surface area contributed by atoms with Crippen LogP contribution in [0.1, 0.15) is 26.5 Å². The van der Waals surface area contributed by atoms with Crippen molar-refractivity contribution in [2.75, 3.05) is 42.9 Å². The number of imidazole rings is 1. The highest BCUT2D eigenvalue weighted by atomic mass is 32.1. The maximum atomic E-state index is 12.3. The molecular weight excluding hydrogens is 462 g/mol. The van der Waals surface area contributed by atoms with E-state index in [2.05, 4.69) is 53.3 Å². The highest BCUT2D eigenvalue weighted by Crippen LogP contribution is 2.34. The largest absolute Gasteiger partial charge is 0.467 e. The SMILES string of the molecule is CC(C)(C)Nc1c(-c2ccccc2)nc2sc(N3CCN(CC(=O)NCc4ccco4)CC3)nn12. The fourth-order valence-electron chi connectivity index (χ4n) is 4.09. The lowest BCUT2D eigenvalue weighted by Gasteiger charge is -2.33. The highest BCUT2D eigenvalue weighted by Gasteiger charge is 2.25. The van der Waals surface area contributed by atoms with E-state index in [1.54, 1.807) is 17.6 Å². The van der Waals surface area contributed by atoms with Crippen LogP contribution in [0.3, 0.4) is 0 Å². The van der Waals surface area contributed by atoms with Gasteiger partial charge in [-0.3, -0.25) is 9.69 Å². The second-order valence-corrected chi connectivity index (χ2v) is 10.7. The van der Waals surface area contributed by atoms with Crippen molar-refractivity contribution in [3.63, 3.8) is 0 Å². The van der Waals surface area contributed by atoms with E-state index in [4.69, 9.17) is 14.5 Å². The van der Waals surface area contributed by atoms with E-state index in [9.17, 15) is 4.79 Å². The number of hydrogen-bond donors (Lipinski definition) is 2. The van der Waals surface area contributed by atoms with E-state index >= 15 is 0 Å². The van der Waals surface area contributed by atoms with Crippen LogP contribution >= 0.6 is 11.3 Å². The van der Waals surface area contributed by atoms with Crippen molar-refractivity contribution < 1.29 is 9.21 Å². The molecule has 1 amide bonds. The lowest BCUT2D eigenvalue weighted by Crippen LogP contribution is -2.49. The molecule has 10 heteroatoms. The van der Waals surface area contributed by atoms with Gasteiger partial charge in [0.2, 0.25) is 16.0 Å². The summed E-state index contributed by atoms with van der Waals surface area (Å²) in [6, 6.07) is 13.9. The number of benzene rings is 1. The fraction of sp³-hybridized carbons (Fsp3) is 0.400. The Bertz CT molecular complexity index is 1270. The van der Waals surface area contributed by atoms with Gasteiger partial charge in [-0.15, -0.1) is 5.10 Å². The summed E-state index contributed by atoms with van der Waals surface area (Å²) in [6.07, 6.45) is 1.61. The Morgan fingerprint density at radius 3 is 2.54 bits per heavy atom. The van der Waals surface area contributed by atoms with Gasteiger partial charge in [0.1, 0.15) is 11.5 Å². The summed E-state index contributed by atoms with van der Waals surface area (Å²) in [5.74, 6) is 1.68. The number of furan rings is 1. The number of piperazine rings is 1. The van der Waals surface area contributed by atoms with Crippen molar-refractivity contribution in [2.45, 2.75) is 32.9 Å². The molecule has 9 nitrogen and oxygen atoms in total. The lowest BCUT2D eigenvalue weighted by atomic mass is 10.1. The van der Waals surface area contributed by atoms with Crippen LogP contribution in [0.5, 0.6) is 0 Å². The molecule has 0 radical (unpaired) electrons. The Kier molecular flexibility index (Phi) is 6.48. The maximum absolute atomic E-state index is 12.3. The summed E-state index contributed by atoms with van der Waals surface area (Å²) in [7, 11) is 0. The fourth-order valence-corrected chi connectivity index (χ4v) is 5.04. The van der Waals surface area contributed by atoms with Gasteiger partial charge in [-0.1, -0.05) is 41.7 Å². The predicted molar refractivity (Wildman–Crippen MR) is 139 cm³/mol. The van der Waals surface area contributed by atoms with Crippen molar-refractivity contribution in [1.29, 1.82) is 0 Å². The molecule has 1 aromatic carbocycles. The van der Waals surface area contributed by atoms with Crippen LogP contribution < -0.4 is 15.5 Å². The van der Waals surface area contributed by atoms with E-state index in [1.807, 2.05) is 34.8 Å². The average Bonchev–Trinajstić information content (AvgIpc) is 3.56. The van der Waals surface area contributed by atoms with E-state index in [0.717, 1.165) is 59.1 Å². The molecule has 1 fully saturated rings. The molecule has 35 heavy (non-hydrogen) atoms. The molecule has 0 saturated carbocycles. The summed E-state index contributed by atoms with van der Waals surface area (Å²) < 4.78 is 7.20. The number of anilines is 2. The molecule has 0 spiro atoms. The zero-order chi connectivity index (χ0) is 24.4. The Morgan fingerprint density at radius 1 is 1.09 bits per heavy atom. The van der Waals surface area contributed by atoms with Gasteiger partial charge >= 0.3 is 0 Å². The van der Waals surface area contributed by atoms with E-state index in [1.165, 1.54) is 0 Å². The molecule has 3 aromatic heterocycles. The standard InChI is InChI=1S/C25H31N7O2S/c1-25(2,3)28-22-21(18-8-5-4-6-9-18)27-23-32(22)29-24(35-23)31-13-11-30(12-14-31)17-20(33)26-16-19-10-7-15-34-19/h4-10,15,28H,11-14,16-17H2,1-3H3,(H,26,33). The van der Waals surface area contributed by atoms with Crippen molar-refractivity contribution in [1.82, 2.24) is 24.8 Å². The number of nitrogens with one attached hydrogen (secondary N) is 2. The van der Waals surface area contributed by atoms with Crippen LogP contribution in [0.25, 0.3) is 16.2 Å². The maximum Gasteiger partial charge on any atom is 0.234 e. The Morgan fingerprint density at radius 2 is 1.86 bits per heavy atom. The summed E-state index contributed by atoms with van der Waals surface area (Å²) in [5, 5.41) is 12.4. The highest BCUT2D eigenvalue weighted by molar-refractivity contribution is 7.20. The van der Waals surface area contributed by atoms with Gasteiger partial charge in [0.05, 0.1) is 19.4 Å². The predicted octanol–water partition coefficient (Wildman–Crippen LogP) is 3.70. The molecule has 0 atom stereocenters. The molecule has 184 valence electrons. The monoisotopic (exact) mass is 493 g/mol. The molecule has 1 aliphatic rings. The van der Waals surface area contributed by atoms with Crippen LogP contribution in [0, 0.1) is 0 Å². The Balaban J connectivity index is 1.25. The quantitative estimate of drug-likeness (QED) is 0.406. The zero-order valence-electron chi connectivity index (χ0n) is 20.3. The Hall–Kier alpha value is -3.37. The number of amides is 1. The third-order valence-corrected chi connectivity index (χ3v) is 6.75. The van der Waals surface area contributed by atoms with Gasteiger partial charge in [-0.25, -0.2) is 4.98 Å². The second kappa shape index (κ2) is 9.71. The van der Waals surface area contributed by atoms with Crippen LogP contribution in [0.4, 0.5) is 10.9 Å². The summed E-state index contributed by atoms with van der Waals surface area (Å²) in [6.45, 7) is 10.5. The van der Waals surface area contributed by atoms with Gasteiger partial charge in [0.25, 0.3) is 0 Å². The molecule has 4 aromatic rings. The minimum atomic E-state index is -0.133. The topological polar surface area (TPSA) is 90.9 Å². The molecule has 2 N–H and O–H groups in total. The summed E-state index contributed by atoms with van der Waals surface area (Å²) in [5.41, 5.74) is 1.85. The van der Waals surface area contributed by atoms with Crippen molar-refractivity contribution in [2.24, 2.45) is 0 Å². The number of carbonyl (C=O) groups is 1. The third-order valence-electron chi connectivity index (χ3n) is 5.78. The minimum absolute atomic E-state index is 0.00825. The molecule has 1 saturated heterocycles. The third kappa shape index (κ3) is 5.49. The van der Waals surface area contributed by atoms with Crippen LogP contribution in [0.2, 0.25) is 0 Å². The number of aromatic nitrogens is 3. The second-order valence-electron chi connectivity index (χ2n) is 9.75. The summed E-state index contributed by atoms with van der Waals surface area (Å²) >= 11 is 1.60. The van der Waals surface area contributed by atoms with Gasteiger partial charge in [0.15, 0.2) is 5.82 Å². The molecule has 0 unspecified atom stereocenters. The number of fused-ring (bicyclic) bond motifs is 1. The first-order valence-corrected chi connectivity index (χ1v) is 12.7. The molecule has 0 aliphatic carbocycles. The minimum Gasteiger partial charge on any atom is -0.467 e. The zero-order valence-corrected chi connectivity index (χ0v) is 21.1. The summed E-state index contributed by atoms with van der Waals surface area (Å²) in [4.78, 5) is 22.6. The van der Waals surface area contributed by atoms with Crippen molar-refractivity contribution in [3.05, 3.63) is 54.5 Å². The van der Waals surface area contributed by atoms with E-state index in [0.29, 0.717) is 13.1 Å². The lowest BCUT2D eigenvalue weighted by molar-refractivity contribution is -0.122. The van der Waals surface area contributed by atoms with E-state index in [-0.39, 0.29) is 11.4 Å². The van der Waals surface area contributed by atoms with Crippen LogP contribution in [0.15, 0.2) is 53.1 Å². The molecule has 4 heterocycles. The first-order valence-electron chi connectivity index (χ1n) is 11.9. The average molecular weight is 494 g/mol. The number of rotatable bonds is 7. The van der Waals surface area contributed by atoms with Crippen LogP contribution in [-0.4, -0.2) is 63.7 Å². The first-order chi connectivity index (χ1) is 16.9. The normalized spacial score (nSPS) is 15.0. The smallest absolute Gasteiger partial charge is 0.234 e. The van der Waals surface area contributed by atoms with Gasteiger partial charge < -0.3 is 20.0 Å². The van der Waals surface area contributed by atoms with E-state index < -0.39 is 0 Å². The molecular formula is C25H31N7O2S. The van der Waals surface area contributed by atoms with Gasteiger partial charge in [0, 0.05) is 37.3 Å². The van der Waals surface area contributed by atoms with Crippen molar-refractivity contribution >= 4 is 33.2 Å².